The van der Waals surface area contributed by atoms with E-state index in [0.29, 0.717) is 6.42 Å². The van der Waals surface area contributed by atoms with E-state index in [-0.39, 0.29) is 0 Å². The Kier molecular flexibility index (Phi) is 14.8. The first-order valence-corrected chi connectivity index (χ1v) is 5.79. The molecule has 0 heterocycles. The van der Waals surface area contributed by atoms with Crippen molar-refractivity contribution in [2.75, 3.05) is 0 Å². The van der Waals surface area contributed by atoms with Gasteiger partial charge in [-0.2, -0.15) is 0 Å². The van der Waals surface area contributed by atoms with E-state index < -0.39 is 14.6 Å². The van der Waals surface area contributed by atoms with E-state index >= 15 is 0 Å². The molecular formula is C8H19O5P. The number of unbranched alkanes of at least 4 members (excludes halogenated alkanes) is 4. The Labute approximate surface area is 85.4 Å². The predicted octanol–water partition coefficient (Wildman–Crippen LogP) is 1.62. The Hall–Kier alpha value is -0.220. The summed E-state index contributed by atoms with van der Waals surface area (Å²) in [5.74, 6) is -0.670. The van der Waals surface area contributed by atoms with Crippen molar-refractivity contribution in [2.45, 2.75) is 45.4 Å². The lowest BCUT2D eigenvalue weighted by Gasteiger charge is -1.95. The van der Waals surface area contributed by atoms with E-state index in [0.717, 1.165) is 12.8 Å². The van der Waals surface area contributed by atoms with Crippen molar-refractivity contribution >= 4 is 14.6 Å². The fraction of sp³-hybridized carbons (Fsp3) is 0.875. The SMILES string of the molecule is CCCCCCCC(=O)O.OP(O)O. The molecule has 0 unspecified atom stereocenters. The van der Waals surface area contributed by atoms with E-state index in [9.17, 15) is 4.79 Å². The van der Waals surface area contributed by atoms with E-state index in [1.165, 1.54) is 19.3 Å². The van der Waals surface area contributed by atoms with E-state index in [1.54, 1.807) is 0 Å². The zero-order chi connectivity index (χ0) is 11.4. The fourth-order valence-electron chi connectivity index (χ4n) is 0.880. The first-order chi connectivity index (χ1) is 6.50. The molecule has 0 aliphatic carbocycles. The topological polar surface area (TPSA) is 98.0 Å². The maximum absolute atomic E-state index is 10.0. The van der Waals surface area contributed by atoms with Gasteiger partial charge < -0.3 is 19.8 Å². The summed E-state index contributed by atoms with van der Waals surface area (Å²) in [6.45, 7) is 2.15. The molecule has 0 fully saturated rings. The molecular weight excluding hydrogens is 207 g/mol. The molecule has 0 rings (SSSR count). The van der Waals surface area contributed by atoms with Crippen LogP contribution in [0.1, 0.15) is 45.4 Å². The molecule has 0 aromatic carbocycles. The minimum atomic E-state index is -2.62. The summed E-state index contributed by atoms with van der Waals surface area (Å²) < 4.78 is 0. The summed E-state index contributed by atoms with van der Waals surface area (Å²) in [5, 5.41) is 8.27. The summed E-state index contributed by atoms with van der Waals surface area (Å²) in [6.07, 6.45) is 5.88. The van der Waals surface area contributed by atoms with Crippen molar-refractivity contribution in [3.05, 3.63) is 0 Å². The summed E-state index contributed by atoms with van der Waals surface area (Å²) in [4.78, 5) is 31.7. The Bertz CT molecular complexity index is 126. The molecule has 0 aliphatic heterocycles. The van der Waals surface area contributed by atoms with Crippen LogP contribution in [-0.4, -0.2) is 25.8 Å². The molecule has 86 valence electrons. The van der Waals surface area contributed by atoms with Gasteiger partial charge in [-0.05, 0) is 6.42 Å². The van der Waals surface area contributed by atoms with E-state index in [1.807, 2.05) is 0 Å². The smallest absolute Gasteiger partial charge is 0.324 e. The number of carbonyl (C=O) groups is 1. The van der Waals surface area contributed by atoms with Gasteiger partial charge >= 0.3 is 14.6 Å². The zero-order valence-electron chi connectivity index (χ0n) is 8.39. The third-order valence-corrected chi connectivity index (χ3v) is 1.49. The van der Waals surface area contributed by atoms with Gasteiger partial charge in [0.15, 0.2) is 0 Å². The van der Waals surface area contributed by atoms with Crippen molar-refractivity contribution < 1.29 is 24.6 Å². The Morgan fingerprint density at radius 3 is 1.86 bits per heavy atom. The minimum Gasteiger partial charge on any atom is -0.481 e. The molecule has 0 spiro atoms. The van der Waals surface area contributed by atoms with E-state index in [4.69, 9.17) is 19.8 Å². The van der Waals surface area contributed by atoms with Gasteiger partial charge in [-0.15, -0.1) is 0 Å². The van der Waals surface area contributed by atoms with Gasteiger partial charge in [-0.1, -0.05) is 32.6 Å². The second kappa shape index (κ2) is 12.8. The fourth-order valence-corrected chi connectivity index (χ4v) is 0.880. The second-order valence-electron chi connectivity index (χ2n) is 2.83. The first-order valence-electron chi connectivity index (χ1n) is 4.59. The molecule has 0 aromatic heterocycles. The maximum atomic E-state index is 10.0. The van der Waals surface area contributed by atoms with Crippen LogP contribution in [0.4, 0.5) is 0 Å². The van der Waals surface area contributed by atoms with Gasteiger partial charge in [-0.25, -0.2) is 0 Å². The van der Waals surface area contributed by atoms with Crippen molar-refractivity contribution in [3.8, 4) is 0 Å². The standard InChI is InChI=1S/C8H16O2.H3O3P/c1-2-3-4-5-6-7-8(9)10;1-4(2)3/h2-7H2,1H3,(H,9,10);1-3H. The van der Waals surface area contributed by atoms with Crippen molar-refractivity contribution in [1.29, 1.82) is 0 Å². The Morgan fingerprint density at radius 1 is 1.07 bits per heavy atom. The van der Waals surface area contributed by atoms with Crippen LogP contribution in [0.3, 0.4) is 0 Å². The molecule has 0 radical (unpaired) electrons. The van der Waals surface area contributed by atoms with Gasteiger partial charge in [0.25, 0.3) is 0 Å². The molecule has 5 nitrogen and oxygen atoms in total. The van der Waals surface area contributed by atoms with Crippen molar-refractivity contribution in [1.82, 2.24) is 0 Å². The second-order valence-corrected chi connectivity index (χ2v) is 3.36. The molecule has 0 bridgehead atoms. The van der Waals surface area contributed by atoms with Crippen LogP contribution in [0.5, 0.6) is 0 Å². The van der Waals surface area contributed by atoms with E-state index in [2.05, 4.69) is 6.92 Å². The van der Waals surface area contributed by atoms with Crippen LogP contribution in [-0.2, 0) is 4.79 Å². The number of carboxylic acids is 1. The zero-order valence-corrected chi connectivity index (χ0v) is 9.28. The van der Waals surface area contributed by atoms with Crippen LogP contribution in [0.15, 0.2) is 0 Å². The molecule has 0 amide bonds. The normalized spacial score (nSPS) is 9.50. The molecule has 14 heavy (non-hydrogen) atoms. The van der Waals surface area contributed by atoms with Gasteiger partial charge in [-0.3, -0.25) is 4.79 Å². The number of hydrogen-bond donors (Lipinski definition) is 4. The maximum Gasteiger partial charge on any atom is 0.324 e. The van der Waals surface area contributed by atoms with Crippen LogP contribution in [0.25, 0.3) is 0 Å². The van der Waals surface area contributed by atoms with Crippen molar-refractivity contribution in [2.24, 2.45) is 0 Å². The lowest BCUT2D eigenvalue weighted by molar-refractivity contribution is -0.137. The highest BCUT2D eigenvalue weighted by atomic mass is 31.2. The van der Waals surface area contributed by atoms with Crippen LogP contribution in [0.2, 0.25) is 0 Å². The average molecular weight is 226 g/mol. The average Bonchev–Trinajstić information content (AvgIpc) is 2.02. The first kappa shape index (κ1) is 16.2. The quantitative estimate of drug-likeness (QED) is 0.407. The molecule has 0 saturated heterocycles. The Balaban J connectivity index is 0. The molecule has 0 atom stereocenters. The number of aliphatic carboxylic acids is 1. The summed E-state index contributed by atoms with van der Waals surface area (Å²) in [7, 11) is -2.62. The largest absolute Gasteiger partial charge is 0.481 e. The highest BCUT2D eigenvalue weighted by molar-refractivity contribution is 7.38. The summed E-state index contributed by atoms with van der Waals surface area (Å²) in [5.41, 5.74) is 0. The molecule has 0 saturated carbocycles. The summed E-state index contributed by atoms with van der Waals surface area (Å²) >= 11 is 0. The molecule has 4 N–H and O–H groups in total. The minimum absolute atomic E-state index is 0.337. The van der Waals surface area contributed by atoms with Crippen LogP contribution < -0.4 is 0 Å². The Morgan fingerprint density at radius 2 is 1.50 bits per heavy atom. The third kappa shape index (κ3) is 29.8. The van der Waals surface area contributed by atoms with Crippen molar-refractivity contribution in [3.63, 3.8) is 0 Å². The molecule has 0 aliphatic rings. The number of rotatable bonds is 6. The predicted molar refractivity (Wildman–Crippen MR) is 54.6 cm³/mol. The third-order valence-electron chi connectivity index (χ3n) is 1.49. The number of carboxylic acid groups (broad SMARTS) is 1. The van der Waals surface area contributed by atoms with Gasteiger partial charge in [0.05, 0.1) is 0 Å². The van der Waals surface area contributed by atoms with Gasteiger partial charge in [0, 0.05) is 6.42 Å². The highest BCUT2D eigenvalue weighted by Crippen LogP contribution is 2.11. The monoisotopic (exact) mass is 226 g/mol. The lowest BCUT2D eigenvalue weighted by Crippen LogP contribution is -1.93. The number of hydrogen-bond acceptors (Lipinski definition) is 4. The molecule has 0 aromatic rings. The van der Waals surface area contributed by atoms with Crippen LogP contribution >= 0.6 is 8.60 Å². The lowest BCUT2D eigenvalue weighted by atomic mass is 10.1. The highest BCUT2D eigenvalue weighted by Gasteiger charge is 1.94. The molecule has 6 heteroatoms. The van der Waals surface area contributed by atoms with Crippen LogP contribution in [0, 0.1) is 0 Å². The van der Waals surface area contributed by atoms with Gasteiger partial charge in [0.2, 0.25) is 0 Å². The summed E-state index contributed by atoms with van der Waals surface area (Å²) in [6, 6.07) is 0. The van der Waals surface area contributed by atoms with Gasteiger partial charge in [0.1, 0.15) is 0 Å².